The molecule has 0 radical (unpaired) electrons. The monoisotopic (exact) mass is 244 g/mol. The lowest BCUT2D eigenvalue weighted by Crippen LogP contribution is -2.26. The molecule has 1 aliphatic carbocycles. The van der Waals surface area contributed by atoms with E-state index in [2.05, 4.69) is 5.10 Å². The smallest absolute Gasteiger partial charge is 0.108 e. The zero-order valence-corrected chi connectivity index (χ0v) is 10.2. The van der Waals surface area contributed by atoms with Crippen molar-refractivity contribution in [2.75, 3.05) is 13.7 Å². The van der Waals surface area contributed by atoms with E-state index in [1.807, 2.05) is 0 Å². The van der Waals surface area contributed by atoms with Crippen molar-refractivity contribution in [1.82, 2.24) is 9.78 Å². The van der Waals surface area contributed by atoms with Gasteiger partial charge in [-0.05, 0) is 12.8 Å². The molecule has 1 fully saturated rings. The van der Waals surface area contributed by atoms with Gasteiger partial charge in [0.2, 0.25) is 0 Å². The molecule has 0 bridgehead atoms. The van der Waals surface area contributed by atoms with Gasteiger partial charge < -0.3 is 9.84 Å². The van der Waals surface area contributed by atoms with Crippen LogP contribution in [-0.2, 0) is 16.9 Å². The number of methoxy groups -OCH3 is 1. The Bertz CT molecular complexity index is 359. The molecule has 1 heterocycles. The summed E-state index contributed by atoms with van der Waals surface area (Å²) in [6.07, 6.45) is 5.23. The minimum Gasteiger partial charge on any atom is -0.384 e. The summed E-state index contributed by atoms with van der Waals surface area (Å²) in [6, 6.07) is 0. The molecule has 5 heteroatoms. The van der Waals surface area contributed by atoms with Crippen LogP contribution in [0.4, 0.5) is 0 Å². The first kappa shape index (κ1) is 11.9. The molecule has 16 heavy (non-hydrogen) atoms. The topological polar surface area (TPSA) is 47.3 Å². The van der Waals surface area contributed by atoms with Gasteiger partial charge in [-0.3, -0.25) is 4.68 Å². The third-order valence-electron chi connectivity index (χ3n) is 3.17. The lowest BCUT2D eigenvalue weighted by Gasteiger charge is -2.24. The summed E-state index contributed by atoms with van der Waals surface area (Å²) in [5.74, 6) is 0. The number of aromatic nitrogens is 2. The van der Waals surface area contributed by atoms with Gasteiger partial charge in [0.05, 0.1) is 30.1 Å². The fourth-order valence-corrected chi connectivity index (χ4v) is 2.69. The molecule has 1 saturated carbocycles. The zero-order chi connectivity index (χ0) is 11.6. The van der Waals surface area contributed by atoms with Gasteiger partial charge in [-0.1, -0.05) is 24.4 Å². The molecule has 2 rings (SSSR count). The number of aliphatic hydroxyl groups is 1. The second kappa shape index (κ2) is 4.73. The first-order valence-electron chi connectivity index (χ1n) is 5.60. The van der Waals surface area contributed by atoms with Crippen LogP contribution in [0.2, 0.25) is 5.02 Å². The molecule has 0 aliphatic heterocycles. The van der Waals surface area contributed by atoms with E-state index < -0.39 is 5.60 Å². The molecule has 1 aliphatic rings. The number of hydrogen-bond acceptors (Lipinski definition) is 3. The van der Waals surface area contributed by atoms with Crippen LogP contribution < -0.4 is 0 Å². The molecule has 1 aromatic rings. The highest BCUT2D eigenvalue weighted by molar-refractivity contribution is 6.31. The minimum atomic E-state index is -0.790. The molecule has 0 amide bonds. The van der Waals surface area contributed by atoms with Gasteiger partial charge in [-0.15, -0.1) is 0 Å². The van der Waals surface area contributed by atoms with Crippen molar-refractivity contribution in [3.05, 3.63) is 16.9 Å². The van der Waals surface area contributed by atoms with Crippen LogP contribution in [0.5, 0.6) is 0 Å². The normalized spacial score (nSPS) is 19.2. The Morgan fingerprint density at radius 3 is 2.88 bits per heavy atom. The Kier molecular flexibility index (Phi) is 3.52. The maximum absolute atomic E-state index is 10.5. The van der Waals surface area contributed by atoms with Crippen molar-refractivity contribution in [2.45, 2.75) is 37.8 Å². The van der Waals surface area contributed by atoms with E-state index in [0.29, 0.717) is 18.2 Å². The SMILES string of the molecule is COCCn1ncc(Cl)c1C1(O)CCCC1. The number of halogens is 1. The van der Waals surface area contributed by atoms with Gasteiger partial charge in [-0.25, -0.2) is 0 Å². The highest BCUT2D eigenvalue weighted by Gasteiger charge is 2.37. The van der Waals surface area contributed by atoms with E-state index in [9.17, 15) is 5.11 Å². The Morgan fingerprint density at radius 2 is 2.25 bits per heavy atom. The average molecular weight is 245 g/mol. The van der Waals surface area contributed by atoms with E-state index in [0.717, 1.165) is 31.4 Å². The van der Waals surface area contributed by atoms with Crippen LogP contribution >= 0.6 is 11.6 Å². The maximum atomic E-state index is 10.5. The largest absolute Gasteiger partial charge is 0.384 e. The molecule has 1 N–H and O–H groups in total. The van der Waals surface area contributed by atoms with Gasteiger partial charge in [0, 0.05) is 7.11 Å². The van der Waals surface area contributed by atoms with Crippen LogP contribution in [-0.4, -0.2) is 28.6 Å². The molecular weight excluding hydrogens is 228 g/mol. The summed E-state index contributed by atoms with van der Waals surface area (Å²) < 4.78 is 6.78. The molecule has 4 nitrogen and oxygen atoms in total. The maximum Gasteiger partial charge on any atom is 0.108 e. The van der Waals surface area contributed by atoms with Gasteiger partial charge in [0.25, 0.3) is 0 Å². The summed E-state index contributed by atoms with van der Waals surface area (Å²) in [4.78, 5) is 0. The quantitative estimate of drug-likeness (QED) is 0.881. The van der Waals surface area contributed by atoms with E-state index >= 15 is 0 Å². The molecule has 0 saturated heterocycles. The standard InChI is InChI=1S/C11H17ClN2O2/c1-16-7-6-14-10(9(12)8-13-14)11(15)4-2-3-5-11/h8,15H,2-7H2,1H3. The first-order chi connectivity index (χ1) is 7.67. The van der Waals surface area contributed by atoms with Crippen LogP contribution in [0, 0.1) is 0 Å². The van der Waals surface area contributed by atoms with Gasteiger partial charge in [0.1, 0.15) is 5.60 Å². The van der Waals surface area contributed by atoms with Crippen molar-refractivity contribution >= 4 is 11.6 Å². The molecule has 0 aromatic carbocycles. The van der Waals surface area contributed by atoms with Gasteiger partial charge in [-0.2, -0.15) is 5.10 Å². The first-order valence-corrected chi connectivity index (χ1v) is 5.98. The highest BCUT2D eigenvalue weighted by Crippen LogP contribution is 2.41. The Labute approximate surface area is 100 Å². The fourth-order valence-electron chi connectivity index (χ4n) is 2.37. The highest BCUT2D eigenvalue weighted by atomic mass is 35.5. The third-order valence-corrected chi connectivity index (χ3v) is 3.45. The van der Waals surface area contributed by atoms with E-state index in [1.165, 1.54) is 0 Å². The Balaban J connectivity index is 2.27. The van der Waals surface area contributed by atoms with Crippen molar-refractivity contribution in [3.8, 4) is 0 Å². The Morgan fingerprint density at radius 1 is 1.56 bits per heavy atom. The van der Waals surface area contributed by atoms with Crippen molar-refractivity contribution in [2.24, 2.45) is 0 Å². The van der Waals surface area contributed by atoms with Gasteiger partial charge in [0.15, 0.2) is 0 Å². The predicted octanol–water partition coefficient (Wildman–Crippen LogP) is 1.94. The lowest BCUT2D eigenvalue weighted by molar-refractivity contribution is 0.0335. The number of hydrogen-bond donors (Lipinski definition) is 1. The summed E-state index contributed by atoms with van der Waals surface area (Å²) in [7, 11) is 1.65. The average Bonchev–Trinajstić information content (AvgIpc) is 2.83. The second-order valence-electron chi connectivity index (χ2n) is 4.30. The molecule has 1 aromatic heterocycles. The van der Waals surface area contributed by atoms with Crippen LogP contribution in [0.1, 0.15) is 31.4 Å². The number of rotatable bonds is 4. The van der Waals surface area contributed by atoms with E-state index in [-0.39, 0.29) is 0 Å². The second-order valence-corrected chi connectivity index (χ2v) is 4.70. The number of ether oxygens (including phenoxy) is 1. The summed E-state index contributed by atoms with van der Waals surface area (Å²) >= 11 is 6.11. The summed E-state index contributed by atoms with van der Waals surface area (Å²) in [5.41, 5.74) is -0.0369. The molecule has 0 unspecified atom stereocenters. The minimum absolute atomic E-state index is 0.556. The van der Waals surface area contributed by atoms with Crippen molar-refractivity contribution < 1.29 is 9.84 Å². The molecule has 90 valence electrons. The summed E-state index contributed by atoms with van der Waals surface area (Å²) in [6.45, 7) is 1.20. The molecule has 0 atom stereocenters. The van der Waals surface area contributed by atoms with Gasteiger partial charge >= 0.3 is 0 Å². The zero-order valence-electron chi connectivity index (χ0n) is 9.45. The van der Waals surface area contributed by atoms with Crippen LogP contribution in [0.25, 0.3) is 0 Å². The summed E-state index contributed by atoms with van der Waals surface area (Å²) in [5, 5.41) is 15.3. The van der Waals surface area contributed by atoms with E-state index in [1.54, 1.807) is 18.0 Å². The van der Waals surface area contributed by atoms with E-state index in [4.69, 9.17) is 16.3 Å². The van der Waals surface area contributed by atoms with Crippen molar-refractivity contribution in [3.63, 3.8) is 0 Å². The molecule has 0 spiro atoms. The predicted molar refractivity (Wildman–Crippen MR) is 61.5 cm³/mol. The van der Waals surface area contributed by atoms with Crippen molar-refractivity contribution in [1.29, 1.82) is 0 Å². The van der Waals surface area contributed by atoms with Crippen LogP contribution in [0.3, 0.4) is 0 Å². The Hall–Kier alpha value is -0.580. The fraction of sp³-hybridized carbons (Fsp3) is 0.727. The lowest BCUT2D eigenvalue weighted by atomic mass is 9.98. The number of nitrogens with zero attached hydrogens (tertiary/aromatic N) is 2. The third kappa shape index (κ3) is 2.10. The van der Waals surface area contributed by atoms with Crippen LogP contribution in [0.15, 0.2) is 6.20 Å². The molecular formula is C11H17ClN2O2.